The lowest BCUT2D eigenvalue weighted by Gasteiger charge is -2.32. The first-order chi connectivity index (χ1) is 13.8. The van der Waals surface area contributed by atoms with Crippen LogP contribution in [0.15, 0.2) is 46.8 Å². The van der Waals surface area contributed by atoms with Crippen LogP contribution < -0.4 is 15.4 Å². The molecule has 7 heteroatoms. The van der Waals surface area contributed by atoms with Gasteiger partial charge in [0.2, 0.25) is 0 Å². The van der Waals surface area contributed by atoms with Gasteiger partial charge in [-0.05, 0) is 67.4 Å². The Morgan fingerprint density at radius 1 is 1.17 bits per heavy atom. The van der Waals surface area contributed by atoms with E-state index in [1.807, 2.05) is 30.5 Å². The molecule has 1 fully saturated rings. The van der Waals surface area contributed by atoms with Gasteiger partial charge in [-0.15, -0.1) is 35.3 Å². The Balaban J connectivity index is 0.00000300. The smallest absolute Gasteiger partial charge is 0.190 e. The zero-order chi connectivity index (χ0) is 19.6. The molecule has 1 aliphatic heterocycles. The molecule has 160 valence electrons. The Labute approximate surface area is 196 Å². The third-order valence-electron chi connectivity index (χ3n) is 5.31. The van der Waals surface area contributed by atoms with E-state index in [1.165, 1.54) is 36.4 Å². The maximum Gasteiger partial charge on any atom is 0.190 e. The van der Waals surface area contributed by atoms with Crippen LogP contribution >= 0.6 is 35.3 Å². The summed E-state index contributed by atoms with van der Waals surface area (Å²) in [5.41, 5.74) is 1.29. The van der Waals surface area contributed by atoms with Crippen molar-refractivity contribution < 1.29 is 4.74 Å². The second-order valence-electron chi connectivity index (χ2n) is 7.28. The number of thiophene rings is 1. The molecule has 0 spiro atoms. The molecule has 29 heavy (non-hydrogen) atoms. The maximum atomic E-state index is 5.20. The van der Waals surface area contributed by atoms with Crippen LogP contribution in [-0.2, 0) is 13.0 Å². The largest absolute Gasteiger partial charge is 0.497 e. The molecule has 3 rings (SSSR count). The van der Waals surface area contributed by atoms with Crippen molar-refractivity contribution in [3.05, 3.63) is 52.2 Å². The van der Waals surface area contributed by atoms with Crippen molar-refractivity contribution in [1.82, 2.24) is 15.5 Å². The minimum absolute atomic E-state index is 0. The molecular formula is C22H33IN4OS. The molecule has 0 radical (unpaired) electrons. The maximum absolute atomic E-state index is 5.20. The lowest BCUT2D eigenvalue weighted by Crippen LogP contribution is -2.43. The monoisotopic (exact) mass is 528 g/mol. The predicted molar refractivity (Wildman–Crippen MR) is 134 cm³/mol. The number of halogens is 1. The molecule has 1 aliphatic rings. The molecular weight excluding hydrogens is 495 g/mol. The third-order valence-corrected chi connectivity index (χ3v) is 6.17. The van der Waals surface area contributed by atoms with Crippen molar-refractivity contribution in [2.75, 3.05) is 40.3 Å². The van der Waals surface area contributed by atoms with Crippen LogP contribution in [0.5, 0.6) is 5.75 Å². The van der Waals surface area contributed by atoms with E-state index in [0.29, 0.717) is 0 Å². The van der Waals surface area contributed by atoms with Gasteiger partial charge in [0, 0.05) is 31.6 Å². The summed E-state index contributed by atoms with van der Waals surface area (Å²) >= 11 is 1.86. The summed E-state index contributed by atoms with van der Waals surface area (Å²) in [4.78, 5) is 8.41. The van der Waals surface area contributed by atoms with Crippen molar-refractivity contribution in [2.45, 2.75) is 25.8 Å². The minimum Gasteiger partial charge on any atom is -0.497 e. The number of likely N-dealkylation sites (tertiary alicyclic amines) is 1. The molecule has 2 aromatic rings. The molecule has 0 atom stereocenters. The van der Waals surface area contributed by atoms with Crippen molar-refractivity contribution in [2.24, 2.45) is 10.9 Å². The van der Waals surface area contributed by atoms with E-state index in [-0.39, 0.29) is 24.0 Å². The molecule has 5 nitrogen and oxygen atoms in total. The molecule has 1 aromatic carbocycles. The zero-order valence-electron chi connectivity index (χ0n) is 17.4. The van der Waals surface area contributed by atoms with E-state index in [9.17, 15) is 0 Å². The summed E-state index contributed by atoms with van der Waals surface area (Å²) in [5.74, 6) is 2.52. The Kier molecular flexibility index (Phi) is 10.8. The topological polar surface area (TPSA) is 48.9 Å². The fourth-order valence-corrected chi connectivity index (χ4v) is 4.30. The summed E-state index contributed by atoms with van der Waals surface area (Å²) in [7, 11) is 3.53. The fourth-order valence-electron chi connectivity index (χ4n) is 3.55. The molecule has 0 amide bonds. The number of piperidine rings is 1. The summed E-state index contributed by atoms with van der Waals surface area (Å²) in [6, 6.07) is 12.6. The normalized spacial score (nSPS) is 15.6. The Hall–Kier alpha value is -1.32. The molecule has 0 bridgehead atoms. The predicted octanol–water partition coefficient (Wildman–Crippen LogP) is 3.99. The lowest BCUT2D eigenvalue weighted by atomic mass is 9.97. The highest BCUT2D eigenvalue weighted by Crippen LogP contribution is 2.20. The van der Waals surface area contributed by atoms with Gasteiger partial charge in [0.1, 0.15) is 5.75 Å². The highest BCUT2D eigenvalue weighted by atomic mass is 127. The van der Waals surface area contributed by atoms with Crippen molar-refractivity contribution in [3.63, 3.8) is 0 Å². The van der Waals surface area contributed by atoms with E-state index >= 15 is 0 Å². The highest BCUT2D eigenvalue weighted by Gasteiger charge is 2.19. The van der Waals surface area contributed by atoms with Crippen LogP contribution in [0.2, 0.25) is 0 Å². The molecule has 2 N–H and O–H groups in total. The van der Waals surface area contributed by atoms with Crippen LogP contribution in [0.3, 0.4) is 0 Å². The quantitative estimate of drug-likeness (QED) is 0.309. The minimum atomic E-state index is 0. The van der Waals surface area contributed by atoms with Gasteiger partial charge in [-0.2, -0.15) is 0 Å². The van der Waals surface area contributed by atoms with Crippen molar-refractivity contribution in [3.8, 4) is 5.75 Å². The summed E-state index contributed by atoms with van der Waals surface area (Å²) < 4.78 is 5.20. The van der Waals surface area contributed by atoms with Gasteiger partial charge in [0.05, 0.1) is 7.11 Å². The first-order valence-corrected chi connectivity index (χ1v) is 11.0. The van der Waals surface area contributed by atoms with Crippen molar-refractivity contribution in [1.29, 1.82) is 0 Å². The van der Waals surface area contributed by atoms with Gasteiger partial charge in [-0.1, -0.05) is 18.2 Å². The molecule has 2 heterocycles. The average Bonchev–Trinajstić information content (AvgIpc) is 3.25. The van der Waals surface area contributed by atoms with Gasteiger partial charge in [0.25, 0.3) is 0 Å². The molecule has 0 aliphatic carbocycles. The molecule has 0 saturated carbocycles. The number of nitrogens with zero attached hydrogens (tertiary/aromatic N) is 2. The van der Waals surface area contributed by atoms with Gasteiger partial charge in [0.15, 0.2) is 5.96 Å². The van der Waals surface area contributed by atoms with E-state index in [2.05, 4.69) is 50.2 Å². The summed E-state index contributed by atoms with van der Waals surface area (Å²) in [6.45, 7) is 5.34. The van der Waals surface area contributed by atoms with Crippen LogP contribution in [0, 0.1) is 5.92 Å². The van der Waals surface area contributed by atoms with Crippen LogP contribution in [-0.4, -0.2) is 51.2 Å². The first kappa shape index (κ1) is 24.0. The lowest BCUT2D eigenvalue weighted by molar-refractivity contribution is 0.179. The SMILES string of the molecule is CN=C(NCCc1ccc(OC)cc1)NCC1CCN(Cc2cccs2)CC1.I. The van der Waals surface area contributed by atoms with E-state index in [1.54, 1.807) is 7.11 Å². The number of nitrogens with one attached hydrogen (secondary N) is 2. The first-order valence-electron chi connectivity index (χ1n) is 10.1. The van der Waals surface area contributed by atoms with E-state index in [4.69, 9.17) is 4.74 Å². The summed E-state index contributed by atoms with van der Waals surface area (Å²) in [6.07, 6.45) is 3.47. The number of rotatable bonds is 8. The number of ether oxygens (including phenoxy) is 1. The van der Waals surface area contributed by atoms with Gasteiger partial charge >= 0.3 is 0 Å². The summed E-state index contributed by atoms with van der Waals surface area (Å²) in [5, 5.41) is 9.10. The molecule has 1 aromatic heterocycles. The van der Waals surface area contributed by atoms with Crippen LogP contribution in [0.1, 0.15) is 23.3 Å². The number of benzene rings is 1. The number of aliphatic imine (C=N–C) groups is 1. The molecule has 0 unspecified atom stereocenters. The Bertz CT molecular complexity index is 713. The highest BCUT2D eigenvalue weighted by molar-refractivity contribution is 14.0. The second-order valence-corrected chi connectivity index (χ2v) is 8.31. The van der Waals surface area contributed by atoms with Gasteiger partial charge in [-0.25, -0.2) is 0 Å². The fraction of sp³-hybridized carbons (Fsp3) is 0.500. The van der Waals surface area contributed by atoms with E-state index in [0.717, 1.165) is 43.7 Å². The number of hydrogen-bond acceptors (Lipinski definition) is 4. The Morgan fingerprint density at radius 3 is 2.55 bits per heavy atom. The van der Waals surface area contributed by atoms with Crippen molar-refractivity contribution >= 4 is 41.3 Å². The average molecular weight is 529 g/mol. The number of guanidine groups is 1. The number of hydrogen-bond donors (Lipinski definition) is 2. The van der Waals surface area contributed by atoms with Gasteiger partial charge < -0.3 is 15.4 Å². The number of methoxy groups -OCH3 is 1. The van der Waals surface area contributed by atoms with Crippen LogP contribution in [0.25, 0.3) is 0 Å². The third kappa shape index (κ3) is 8.14. The standard InChI is InChI=1S/C22H32N4OS.HI/c1-23-22(24-12-9-18-5-7-20(27-2)8-6-18)25-16-19-10-13-26(14-11-19)17-21-4-3-15-28-21;/h3-8,15,19H,9-14,16-17H2,1-2H3,(H2,23,24,25);1H. The molecule has 1 saturated heterocycles. The van der Waals surface area contributed by atoms with Crippen LogP contribution in [0.4, 0.5) is 0 Å². The van der Waals surface area contributed by atoms with Gasteiger partial charge in [-0.3, -0.25) is 9.89 Å². The van der Waals surface area contributed by atoms with E-state index < -0.39 is 0 Å². The Morgan fingerprint density at radius 2 is 1.93 bits per heavy atom. The second kappa shape index (κ2) is 13.1. The zero-order valence-corrected chi connectivity index (χ0v) is 20.5.